The number of benzene rings is 1. The van der Waals surface area contributed by atoms with Gasteiger partial charge in [-0.15, -0.1) is 11.3 Å². The Labute approximate surface area is 189 Å². The number of carbonyl (C=O) groups excluding carboxylic acids is 1. The van der Waals surface area contributed by atoms with Crippen LogP contribution in [0.2, 0.25) is 0 Å². The van der Waals surface area contributed by atoms with Crippen molar-refractivity contribution in [3.63, 3.8) is 0 Å². The van der Waals surface area contributed by atoms with Crippen molar-refractivity contribution < 1.29 is 14.3 Å². The van der Waals surface area contributed by atoms with Crippen molar-refractivity contribution in [2.75, 3.05) is 21.3 Å². The van der Waals surface area contributed by atoms with Gasteiger partial charge < -0.3 is 14.4 Å². The van der Waals surface area contributed by atoms with E-state index < -0.39 is 11.2 Å². The van der Waals surface area contributed by atoms with Crippen LogP contribution in [-0.4, -0.2) is 47.3 Å². The Kier molecular flexibility index (Phi) is 6.36. The summed E-state index contributed by atoms with van der Waals surface area (Å²) in [5.41, 5.74) is -0.198. The summed E-state index contributed by atoms with van der Waals surface area (Å²) in [4.78, 5) is 41.6. The minimum absolute atomic E-state index is 0.125. The quantitative estimate of drug-likeness (QED) is 0.568. The lowest BCUT2D eigenvalue weighted by atomic mass is 9.94. The van der Waals surface area contributed by atoms with Gasteiger partial charge in [0, 0.05) is 31.3 Å². The summed E-state index contributed by atoms with van der Waals surface area (Å²) < 4.78 is 13.5. The van der Waals surface area contributed by atoms with Gasteiger partial charge in [-0.25, -0.2) is 9.36 Å². The van der Waals surface area contributed by atoms with Gasteiger partial charge in [0.05, 0.1) is 25.4 Å². The van der Waals surface area contributed by atoms with E-state index in [1.807, 2.05) is 0 Å². The van der Waals surface area contributed by atoms with Crippen molar-refractivity contribution in [3.8, 4) is 17.2 Å². The summed E-state index contributed by atoms with van der Waals surface area (Å²) in [6.07, 6.45) is 5.38. The normalized spacial score (nSPS) is 14.5. The minimum Gasteiger partial charge on any atom is -0.497 e. The molecule has 2 heterocycles. The molecule has 1 aliphatic carbocycles. The summed E-state index contributed by atoms with van der Waals surface area (Å²) in [5, 5.41) is 1.76. The number of thiophene rings is 1. The molecule has 1 saturated carbocycles. The second kappa shape index (κ2) is 9.20. The Hall–Kier alpha value is -3.07. The number of aromatic nitrogens is 2. The molecule has 1 amide bonds. The number of hydrogen-bond acceptors (Lipinski definition) is 6. The predicted octanol–water partition coefficient (Wildman–Crippen LogP) is 3.02. The number of likely N-dealkylation sites (N-methyl/N-ethyl adjacent to an activating group) is 1. The maximum Gasteiger partial charge on any atom is 0.336 e. The van der Waals surface area contributed by atoms with Crippen LogP contribution in [0.1, 0.15) is 32.1 Å². The van der Waals surface area contributed by atoms with Crippen molar-refractivity contribution in [1.82, 2.24) is 14.0 Å². The van der Waals surface area contributed by atoms with Gasteiger partial charge in [0.1, 0.15) is 22.7 Å². The smallest absolute Gasteiger partial charge is 0.336 e. The number of ether oxygens (including phenoxy) is 2. The maximum atomic E-state index is 13.5. The van der Waals surface area contributed by atoms with Crippen molar-refractivity contribution in [3.05, 3.63) is 50.5 Å². The number of amides is 1. The molecule has 4 rings (SSSR count). The van der Waals surface area contributed by atoms with Crippen LogP contribution in [0.5, 0.6) is 11.5 Å². The number of methoxy groups -OCH3 is 2. The van der Waals surface area contributed by atoms with Gasteiger partial charge >= 0.3 is 5.69 Å². The van der Waals surface area contributed by atoms with Crippen molar-refractivity contribution >= 4 is 27.5 Å². The number of carbonyl (C=O) groups is 1. The second-order valence-electron chi connectivity index (χ2n) is 8.01. The van der Waals surface area contributed by atoms with Gasteiger partial charge in [0.2, 0.25) is 5.91 Å². The highest BCUT2D eigenvalue weighted by Crippen LogP contribution is 2.25. The lowest BCUT2D eigenvalue weighted by Gasteiger charge is -2.31. The molecule has 0 N–H and O–H groups in total. The van der Waals surface area contributed by atoms with Crippen LogP contribution in [0.25, 0.3) is 15.9 Å². The molecule has 170 valence electrons. The van der Waals surface area contributed by atoms with E-state index in [4.69, 9.17) is 9.47 Å². The molecule has 1 aliphatic rings. The van der Waals surface area contributed by atoms with Gasteiger partial charge in [-0.05, 0) is 24.3 Å². The molecular formula is C23H27N3O5S. The number of nitrogens with zero attached hydrogens (tertiary/aromatic N) is 3. The van der Waals surface area contributed by atoms with Crippen molar-refractivity contribution in [2.24, 2.45) is 0 Å². The first kappa shape index (κ1) is 22.1. The predicted molar refractivity (Wildman–Crippen MR) is 124 cm³/mol. The summed E-state index contributed by atoms with van der Waals surface area (Å²) in [7, 11) is 4.81. The van der Waals surface area contributed by atoms with Crippen LogP contribution in [0.15, 0.2) is 39.2 Å². The topological polar surface area (TPSA) is 82.8 Å². The third-order valence-electron chi connectivity index (χ3n) is 6.16. The first-order valence-electron chi connectivity index (χ1n) is 10.7. The maximum absolute atomic E-state index is 13.5. The van der Waals surface area contributed by atoms with Crippen LogP contribution in [0.3, 0.4) is 0 Å². The molecule has 0 radical (unpaired) electrons. The van der Waals surface area contributed by atoms with E-state index in [1.54, 1.807) is 41.6 Å². The Morgan fingerprint density at radius 3 is 2.38 bits per heavy atom. The van der Waals surface area contributed by atoms with E-state index in [9.17, 15) is 14.4 Å². The van der Waals surface area contributed by atoms with E-state index in [0.717, 1.165) is 30.3 Å². The molecule has 0 aliphatic heterocycles. The van der Waals surface area contributed by atoms with E-state index in [-0.39, 0.29) is 18.5 Å². The molecule has 0 saturated heterocycles. The molecule has 2 aromatic heterocycles. The van der Waals surface area contributed by atoms with E-state index in [2.05, 4.69) is 0 Å². The fourth-order valence-electron chi connectivity index (χ4n) is 4.31. The SMILES string of the molecule is COc1cc(OC)cc(-n2c(=O)c3sccc3n(CC(=O)N(C)C3CCCCC3)c2=O)c1. The summed E-state index contributed by atoms with van der Waals surface area (Å²) >= 11 is 1.25. The van der Waals surface area contributed by atoms with E-state index in [0.29, 0.717) is 27.4 Å². The highest BCUT2D eigenvalue weighted by atomic mass is 32.1. The molecule has 3 aromatic rings. The number of rotatable bonds is 6. The minimum atomic E-state index is -0.568. The number of fused-ring (bicyclic) bond motifs is 1. The largest absolute Gasteiger partial charge is 0.497 e. The monoisotopic (exact) mass is 457 g/mol. The second-order valence-corrected chi connectivity index (χ2v) is 8.93. The summed E-state index contributed by atoms with van der Waals surface area (Å²) in [6, 6.07) is 6.78. The molecular weight excluding hydrogens is 430 g/mol. The molecule has 32 heavy (non-hydrogen) atoms. The Morgan fingerprint density at radius 2 is 1.75 bits per heavy atom. The number of hydrogen-bond donors (Lipinski definition) is 0. The Balaban J connectivity index is 1.81. The highest BCUT2D eigenvalue weighted by molar-refractivity contribution is 7.17. The third kappa shape index (κ3) is 4.04. The zero-order chi connectivity index (χ0) is 22.8. The van der Waals surface area contributed by atoms with Crippen LogP contribution < -0.4 is 20.7 Å². The van der Waals surface area contributed by atoms with Gasteiger partial charge in [-0.3, -0.25) is 14.2 Å². The molecule has 0 unspecified atom stereocenters. The zero-order valence-electron chi connectivity index (χ0n) is 18.5. The fraction of sp³-hybridized carbons (Fsp3) is 0.435. The molecule has 9 heteroatoms. The average molecular weight is 458 g/mol. The van der Waals surface area contributed by atoms with Crippen LogP contribution in [0, 0.1) is 0 Å². The van der Waals surface area contributed by atoms with Crippen LogP contribution in [-0.2, 0) is 11.3 Å². The van der Waals surface area contributed by atoms with Gasteiger partial charge in [0.15, 0.2) is 0 Å². The molecule has 0 bridgehead atoms. The van der Waals surface area contributed by atoms with Crippen molar-refractivity contribution in [2.45, 2.75) is 44.7 Å². The molecule has 0 atom stereocenters. The lowest BCUT2D eigenvalue weighted by molar-refractivity contribution is -0.133. The fourth-order valence-corrected chi connectivity index (χ4v) is 5.13. The van der Waals surface area contributed by atoms with Crippen LogP contribution in [0.4, 0.5) is 0 Å². The van der Waals surface area contributed by atoms with Gasteiger partial charge in [-0.1, -0.05) is 19.3 Å². The highest BCUT2D eigenvalue weighted by Gasteiger charge is 2.24. The van der Waals surface area contributed by atoms with Crippen LogP contribution >= 0.6 is 11.3 Å². The van der Waals surface area contributed by atoms with Gasteiger partial charge in [0.25, 0.3) is 5.56 Å². The molecule has 1 aromatic carbocycles. The Bertz CT molecular complexity index is 1230. The third-order valence-corrected chi connectivity index (χ3v) is 7.05. The molecule has 0 spiro atoms. The first-order chi connectivity index (χ1) is 15.4. The first-order valence-corrected chi connectivity index (χ1v) is 11.5. The summed E-state index contributed by atoms with van der Waals surface area (Å²) in [6.45, 7) is -0.125. The van der Waals surface area contributed by atoms with E-state index in [1.165, 1.54) is 36.5 Å². The van der Waals surface area contributed by atoms with Gasteiger partial charge in [-0.2, -0.15) is 0 Å². The zero-order valence-corrected chi connectivity index (χ0v) is 19.3. The van der Waals surface area contributed by atoms with E-state index >= 15 is 0 Å². The summed E-state index contributed by atoms with van der Waals surface area (Å²) in [5.74, 6) is 0.771. The molecule has 8 nitrogen and oxygen atoms in total. The lowest BCUT2D eigenvalue weighted by Crippen LogP contribution is -2.44. The van der Waals surface area contributed by atoms with Crippen molar-refractivity contribution in [1.29, 1.82) is 0 Å². The average Bonchev–Trinajstić information content (AvgIpc) is 3.31. The standard InChI is InChI=1S/C23H27N3O5S/c1-24(15-7-5-4-6-8-15)20(27)14-25-19-9-10-32-21(19)22(28)26(23(25)29)16-11-17(30-2)13-18(12-16)31-3/h9-13,15H,4-8,14H2,1-3H3. The molecule has 1 fully saturated rings. The Morgan fingerprint density at radius 1 is 1.09 bits per heavy atom.